The fourth-order valence-electron chi connectivity index (χ4n) is 3.81. The first-order valence-electron chi connectivity index (χ1n) is 8.23. The zero-order chi connectivity index (χ0) is 13.7. The topological polar surface area (TPSA) is 28.2 Å². The van der Waals surface area contributed by atoms with Crippen molar-refractivity contribution in [3.63, 3.8) is 0 Å². The summed E-state index contributed by atoms with van der Waals surface area (Å²) in [6.07, 6.45) is 13.2. The molecule has 0 aromatic carbocycles. The highest BCUT2D eigenvalue weighted by molar-refractivity contribution is 5.10. The monoisotopic (exact) mass is 273 g/mol. The Labute approximate surface area is 122 Å². The molecule has 20 heavy (non-hydrogen) atoms. The molecule has 2 aliphatic rings. The van der Waals surface area contributed by atoms with Crippen LogP contribution in [0.1, 0.15) is 44.1 Å². The Bertz CT molecular complexity index is 398. The number of aromatic nitrogens is 1. The zero-order valence-electron chi connectivity index (χ0n) is 12.5. The van der Waals surface area contributed by atoms with Crippen molar-refractivity contribution in [2.24, 2.45) is 0 Å². The molecule has 1 aromatic heterocycles. The number of hydrogen-bond donors (Lipinski definition) is 1. The first-order valence-corrected chi connectivity index (χ1v) is 8.23. The molecule has 0 bridgehead atoms. The summed E-state index contributed by atoms with van der Waals surface area (Å²) in [5.41, 5.74) is 1.84. The molecule has 1 N–H and O–H groups in total. The average Bonchev–Trinajstić information content (AvgIpc) is 2.70. The summed E-state index contributed by atoms with van der Waals surface area (Å²) >= 11 is 0. The van der Waals surface area contributed by atoms with E-state index in [1.807, 2.05) is 12.4 Å². The van der Waals surface area contributed by atoms with Crippen LogP contribution in [0.5, 0.6) is 0 Å². The Hall–Kier alpha value is -0.930. The van der Waals surface area contributed by atoms with Crippen molar-refractivity contribution in [1.29, 1.82) is 0 Å². The van der Waals surface area contributed by atoms with Crippen LogP contribution in [0.2, 0.25) is 0 Å². The smallest absolute Gasteiger partial charge is 0.0308 e. The Kier molecular flexibility index (Phi) is 4.69. The second-order valence-corrected chi connectivity index (χ2v) is 6.50. The molecule has 3 nitrogen and oxygen atoms in total. The van der Waals surface area contributed by atoms with Gasteiger partial charge in [-0.25, -0.2) is 0 Å². The van der Waals surface area contributed by atoms with E-state index < -0.39 is 0 Å². The normalized spacial score (nSPS) is 23.6. The summed E-state index contributed by atoms with van der Waals surface area (Å²) < 4.78 is 0. The molecule has 0 radical (unpaired) electrons. The number of rotatable bonds is 3. The molecule has 2 fully saturated rings. The third kappa shape index (κ3) is 3.58. The minimum Gasteiger partial charge on any atom is -0.310 e. The van der Waals surface area contributed by atoms with E-state index in [9.17, 15) is 0 Å². The molecular weight excluding hydrogens is 246 g/mol. The molecule has 3 rings (SSSR count). The molecular formula is C17H27N3. The largest absolute Gasteiger partial charge is 0.310 e. The third-order valence-corrected chi connectivity index (χ3v) is 4.95. The Morgan fingerprint density at radius 1 is 1.10 bits per heavy atom. The van der Waals surface area contributed by atoms with E-state index in [-0.39, 0.29) is 0 Å². The summed E-state index contributed by atoms with van der Waals surface area (Å²) in [6, 6.07) is 4.29. The predicted octanol–water partition coefficient (Wildman–Crippen LogP) is 2.62. The number of hydrogen-bond acceptors (Lipinski definition) is 3. The van der Waals surface area contributed by atoms with Gasteiger partial charge < -0.3 is 10.2 Å². The van der Waals surface area contributed by atoms with Crippen molar-refractivity contribution in [2.75, 3.05) is 26.2 Å². The van der Waals surface area contributed by atoms with Crippen molar-refractivity contribution in [3.05, 3.63) is 30.1 Å². The van der Waals surface area contributed by atoms with Gasteiger partial charge >= 0.3 is 0 Å². The van der Waals surface area contributed by atoms with Crippen LogP contribution in [-0.4, -0.2) is 41.6 Å². The molecule has 1 saturated carbocycles. The van der Waals surface area contributed by atoms with Crippen molar-refractivity contribution in [2.45, 2.75) is 50.5 Å². The van der Waals surface area contributed by atoms with Gasteiger partial charge in [-0.2, -0.15) is 0 Å². The SMILES string of the molecule is c1cc(CCN2CCCNC3(CCCCC3)C2)ccn1. The number of nitrogens with zero attached hydrogens (tertiary/aromatic N) is 2. The van der Waals surface area contributed by atoms with E-state index in [4.69, 9.17) is 0 Å². The van der Waals surface area contributed by atoms with Gasteiger partial charge in [-0.05, 0) is 56.5 Å². The van der Waals surface area contributed by atoms with Crippen LogP contribution in [0.25, 0.3) is 0 Å². The lowest BCUT2D eigenvalue weighted by Gasteiger charge is -2.40. The highest BCUT2D eigenvalue weighted by Crippen LogP contribution is 2.30. The molecule has 1 aliphatic carbocycles. The first kappa shape index (κ1) is 14.0. The van der Waals surface area contributed by atoms with Gasteiger partial charge in [0, 0.05) is 31.0 Å². The average molecular weight is 273 g/mol. The van der Waals surface area contributed by atoms with Crippen LogP contribution in [0.15, 0.2) is 24.5 Å². The first-order chi connectivity index (χ1) is 9.86. The van der Waals surface area contributed by atoms with Crippen molar-refractivity contribution in [1.82, 2.24) is 15.2 Å². The fraction of sp³-hybridized carbons (Fsp3) is 0.706. The quantitative estimate of drug-likeness (QED) is 0.917. The van der Waals surface area contributed by atoms with Crippen LogP contribution in [0, 0.1) is 0 Å². The van der Waals surface area contributed by atoms with Crippen LogP contribution in [0.3, 0.4) is 0 Å². The molecule has 1 aromatic rings. The van der Waals surface area contributed by atoms with Crippen molar-refractivity contribution in [3.8, 4) is 0 Å². The van der Waals surface area contributed by atoms with Crippen LogP contribution in [-0.2, 0) is 6.42 Å². The van der Waals surface area contributed by atoms with Gasteiger partial charge in [0.05, 0.1) is 0 Å². The minimum atomic E-state index is 0.424. The number of nitrogens with one attached hydrogen (secondary N) is 1. The van der Waals surface area contributed by atoms with E-state index in [2.05, 4.69) is 27.3 Å². The van der Waals surface area contributed by atoms with Crippen molar-refractivity contribution < 1.29 is 0 Å². The molecule has 0 atom stereocenters. The summed E-state index contributed by atoms with van der Waals surface area (Å²) in [5, 5.41) is 3.87. The maximum Gasteiger partial charge on any atom is 0.0308 e. The fourth-order valence-corrected chi connectivity index (χ4v) is 3.81. The lowest BCUT2D eigenvalue weighted by Crippen LogP contribution is -2.52. The predicted molar refractivity (Wildman–Crippen MR) is 82.8 cm³/mol. The Balaban J connectivity index is 1.58. The molecule has 1 aliphatic heterocycles. The second kappa shape index (κ2) is 6.68. The molecule has 1 saturated heterocycles. The summed E-state index contributed by atoms with van der Waals surface area (Å²) in [7, 11) is 0. The van der Waals surface area contributed by atoms with Gasteiger partial charge in [0.2, 0.25) is 0 Å². The Morgan fingerprint density at radius 3 is 2.70 bits per heavy atom. The third-order valence-electron chi connectivity index (χ3n) is 4.95. The van der Waals surface area contributed by atoms with E-state index in [1.165, 1.54) is 70.3 Å². The zero-order valence-corrected chi connectivity index (χ0v) is 12.5. The molecule has 110 valence electrons. The summed E-state index contributed by atoms with van der Waals surface area (Å²) in [6.45, 7) is 4.89. The maximum atomic E-state index is 4.10. The van der Waals surface area contributed by atoms with Gasteiger partial charge in [-0.3, -0.25) is 4.98 Å². The molecule has 0 unspecified atom stereocenters. The van der Waals surface area contributed by atoms with Gasteiger partial charge in [0.1, 0.15) is 0 Å². The molecule has 2 heterocycles. The van der Waals surface area contributed by atoms with Gasteiger partial charge in [0.25, 0.3) is 0 Å². The van der Waals surface area contributed by atoms with Crippen LogP contribution < -0.4 is 5.32 Å². The summed E-state index contributed by atoms with van der Waals surface area (Å²) in [4.78, 5) is 6.79. The van der Waals surface area contributed by atoms with Gasteiger partial charge in [-0.15, -0.1) is 0 Å². The van der Waals surface area contributed by atoms with Crippen LogP contribution in [0.4, 0.5) is 0 Å². The highest BCUT2D eigenvalue weighted by Gasteiger charge is 2.34. The van der Waals surface area contributed by atoms with Crippen LogP contribution >= 0.6 is 0 Å². The van der Waals surface area contributed by atoms with E-state index in [0.29, 0.717) is 5.54 Å². The number of pyridine rings is 1. The molecule has 1 spiro atoms. The Morgan fingerprint density at radius 2 is 1.90 bits per heavy atom. The minimum absolute atomic E-state index is 0.424. The van der Waals surface area contributed by atoms with Crippen molar-refractivity contribution >= 4 is 0 Å². The van der Waals surface area contributed by atoms with E-state index in [1.54, 1.807) is 0 Å². The lowest BCUT2D eigenvalue weighted by atomic mass is 9.81. The summed E-state index contributed by atoms with van der Waals surface area (Å²) in [5.74, 6) is 0. The van der Waals surface area contributed by atoms with E-state index >= 15 is 0 Å². The molecule has 3 heteroatoms. The highest BCUT2D eigenvalue weighted by atomic mass is 15.2. The standard InChI is InChI=1S/C17H27N3/c1-2-8-17(9-3-1)15-20(13-4-10-19-17)14-7-16-5-11-18-12-6-16/h5-6,11-12,19H,1-4,7-10,13-15H2. The molecule has 0 amide bonds. The maximum absolute atomic E-state index is 4.10. The van der Waals surface area contributed by atoms with Gasteiger partial charge in [-0.1, -0.05) is 19.3 Å². The lowest BCUT2D eigenvalue weighted by molar-refractivity contribution is 0.165. The van der Waals surface area contributed by atoms with E-state index in [0.717, 1.165) is 6.42 Å². The second-order valence-electron chi connectivity index (χ2n) is 6.50. The van der Waals surface area contributed by atoms with Gasteiger partial charge in [0.15, 0.2) is 0 Å².